The van der Waals surface area contributed by atoms with Crippen LogP contribution >= 0.6 is 0 Å². The molecule has 2 aliphatic rings. The molecule has 2 aromatic rings. The molecule has 2 heterocycles. The molecule has 4 rings (SSSR count). The number of hydrogen-bond acceptors (Lipinski definition) is 6. The SMILES string of the molecule is C[C@H](O)C(=O)N1CC[C@H](Oc2ccc(-c3ccnc(NC(=O)C4CC4)c3)cc2C#N)[C@H](F)C1. The fourth-order valence-corrected chi connectivity index (χ4v) is 3.80. The smallest absolute Gasteiger partial charge is 0.251 e. The monoisotopic (exact) mass is 452 g/mol. The molecule has 8 nitrogen and oxygen atoms in total. The number of nitrogens with zero attached hydrogens (tertiary/aromatic N) is 3. The molecule has 172 valence electrons. The molecule has 33 heavy (non-hydrogen) atoms. The van der Waals surface area contributed by atoms with Gasteiger partial charge in [0.25, 0.3) is 5.91 Å². The topological polar surface area (TPSA) is 116 Å². The molecule has 0 radical (unpaired) electrons. The number of aromatic nitrogens is 1. The van der Waals surface area contributed by atoms with Gasteiger partial charge in [0, 0.05) is 25.1 Å². The van der Waals surface area contributed by atoms with Crippen molar-refractivity contribution < 1.29 is 23.8 Å². The van der Waals surface area contributed by atoms with E-state index in [0.717, 1.165) is 24.0 Å². The summed E-state index contributed by atoms with van der Waals surface area (Å²) in [4.78, 5) is 29.4. The molecule has 9 heteroatoms. The van der Waals surface area contributed by atoms with Gasteiger partial charge in [0.2, 0.25) is 5.91 Å². The normalized spacial score (nSPS) is 21.1. The minimum atomic E-state index is -1.44. The molecule has 1 aromatic heterocycles. The third-order valence-electron chi connectivity index (χ3n) is 5.82. The van der Waals surface area contributed by atoms with Gasteiger partial charge < -0.3 is 20.1 Å². The minimum absolute atomic E-state index is 0.0388. The fourth-order valence-electron chi connectivity index (χ4n) is 3.80. The molecule has 1 saturated heterocycles. The molecule has 0 unspecified atom stereocenters. The van der Waals surface area contributed by atoms with Crippen LogP contribution in [0.5, 0.6) is 5.75 Å². The number of anilines is 1. The van der Waals surface area contributed by atoms with E-state index < -0.39 is 24.3 Å². The number of ether oxygens (including phenoxy) is 1. The molecule has 2 N–H and O–H groups in total. The van der Waals surface area contributed by atoms with Crippen LogP contribution in [0.25, 0.3) is 11.1 Å². The van der Waals surface area contributed by atoms with Gasteiger partial charge in [-0.2, -0.15) is 5.26 Å². The van der Waals surface area contributed by atoms with Gasteiger partial charge in [0.15, 0.2) is 6.17 Å². The van der Waals surface area contributed by atoms with Gasteiger partial charge in [-0.25, -0.2) is 9.37 Å². The van der Waals surface area contributed by atoms with E-state index in [1.807, 2.05) is 0 Å². The Morgan fingerprint density at radius 3 is 2.70 bits per heavy atom. The summed E-state index contributed by atoms with van der Waals surface area (Å²) in [5, 5.41) is 21.9. The quantitative estimate of drug-likeness (QED) is 0.696. The van der Waals surface area contributed by atoms with E-state index in [9.17, 15) is 24.3 Å². The second kappa shape index (κ2) is 9.55. The Hall–Kier alpha value is -3.51. The predicted molar refractivity (Wildman–Crippen MR) is 118 cm³/mol. The first-order chi connectivity index (χ1) is 15.9. The van der Waals surface area contributed by atoms with Gasteiger partial charge in [-0.3, -0.25) is 9.59 Å². The van der Waals surface area contributed by atoms with Crippen LogP contribution in [0.1, 0.15) is 31.7 Å². The van der Waals surface area contributed by atoms with Crippen molar-refractivity contribution in [2.24, 2.45) is 5.92 Å². The van der Waals surface area contributed by atoms with Crippen LogP contribution in [0.15, 0.2) is 36.5 Å². The van der Waals surface area contributed by atoms with Gasteiger partial charge >= 0.3 is 0 Å². The lowest BCUT2D eigenvalue weighted by molar-refractivity contribution is -0.143. The predicted octanol–water partition coefficient (Wildman–Crippen LogP) is 2.67. The number of rotatable bonds is 6. The van der Waals surface area contributed by atoms with E-state index in [4.69, 9.17) is 4.74 Å². The Bertz CT molecular complexity index is 1100. The lowest BCUT2D eigenvalue weighted by Crippen LogP contribution is -2.51. The number of hydrogen-bond donors (Lipinski definition) is 2. The van der Waals surface area contributed by atoms with E-state index >= 15 is 0 Å². The highest BCUT2D eigenvalue weighted by Gasteiger charge is 2.34. The summed E-state index contributed by atoms with van der Waals surface area (Å²) in [6.07, 6.45) is 0.215. The van der Waals surface area contributed by atoms with Crippen LogP contribution in [0, 0.1) is 17.2 Å². The van der Waals surface area contributed by atoms with Crippen LogP contribution in [-0.2, 0) is 9.59 Å². The van der Waals surface area contributed by atoms with E-state index in [1.54, 1.807) is 36.5 Å². The number of halogens is 1. The number of aliphatic hydroxyl groups excluding tert-OH is 1. The number of alkyl halides is 1. The Morgan fingerprint density at radius 2 is 2.03 bits per heavy atom. The molecule has 1 aliphatic heterocycles. The Balaban J connectivity index is 1.46. The number of nitriles is 1. The van der Waals surface area contributed by atoms with E-state index in [2.05, 4.69) is 16.4 Å². The zero-order valence-electron chi connectivity index (χ0n) is 18.2. The zero-order valence-corrected chi connectivity index (χ0v) is 18.2. The minimum Gasteiger partial charge on any atom is -0.486 e. The van der Waals surface area contributed by atoms with Crippen molar-refractivity contribution in [2.45, 2.75) is 44.6 Å². The maximum atomic E-state index is 14.7. The number of benzene rings is 1. The summed E-state index contributed by atoms with van der Waals surface area (Å²) >= 11 is 0. The highest BCUT2D eigenvalue weighted by molar-refractivity contribution is 5.93. The Kier molecular flexibility index (Phi) is 6.56. The number of piperidine rings is 1. The van der Waals surface area contributed by atoms with E-state index in [1.165, 1.54) is 11.8 Å². The number of pyridine rings is 1. The van der Waals surface area contributed by atoms with Crippen molar-refractivity contribution in [3.8, 4) is 22.9 Å². The van der Waals surface area contributed by atoms with E-state index in [0.29, 0.717) is 5.82 Å². The van der Waals surface area contributed by atoms with Crippen molar-refractivity contribution in [3.63, 3.8) is 0 Å². The number of nitrogens with one attached hydrogen (secondary N) is 1. The van der Waals surface area contributed by atoms with E-state index in [-0.39, 0.29) is 42.6 Å². The standard InChI is InChI=1S/C24H25FN4O4/c1-14(30)24(32)29-9-7-21(19(25)13-29)33-20-5-4-16(10-18(20)12-26)17-6-8-27-22(11-17)28-23(31)15-2-3-15/h4-6,8,10-11,14-15,19,21,30H,2-3,7,9,13H2,1H3,(H,27,28,31)/t14-,19+,21-/m0/s1. The molecule has 0 bridgehead atoms. The third kappa shape index (κ3) is 5.29. The van der Waals surface area contributed by atoms with Crippen LogP contribution < -0.4 is 10.1 Å². The van der Waals surface area contributed by atoms with Gasteiger partial charge in [-0.05, 0) is 55.2 Å². The molecule has 0 spiro atoms. The first-order valence-corrected chi connectivity index (χ1v) is 10.9. The molecule has 1 aliphatic carbocycles. The largest absolute Gasteiger partial charge is 0.486 e. The first-order valence-electron chi connectivity index (χ1n) is 10.9. The molecule has 1 saturated carbocycles. The molecule has 2 amide bonds. The van der Waals surface area contributed by atoms with Crippen LogP contribution in [0.3, 0.4) is 0 Å². The Labute approximate surface area is 191 Å². The zero-order chi connectivity index (χ0) is 23.5. The highest BCUT2D eigenvalue weighted by Crippen LogP contribution is 2.32. The number of likely N-dealkylation sites (tertiary alicyclic amines) is 1. The van der Waals surface area contributed by atoms with Gasteiger partial charge in [0.05, 0.1) is 12.1 Å². The van der Waals surface area contributed by atoms with Crippen molar-refractivity contribution in [1.82, 2.24) is 9.88 Å². The van der Waals surface area contributed by atoms with Crippen molar-refractivity contribution in [1.29, 1.82) is 5.26 Å². The highest BCUT2D eigenvalue weighted by atomic mass is 19.1. The number of carbonyl (C=O) groups excluding carboxylic acids is 2. The summed E-state index contributed by atoms with van der Waals surface area (Å²) < 4.78 is 20.5. The van der Waals surface area contributed by atoms with Crippen LogP contribution in [0.2, 0.25) is 0 Å². The fraction of sp³-hybridized carbons (Fsp3) is 0.417. The average Bonchev–Trinajstić information content (AvgIpc) is 3.66. The van der Waals surface area contributed by atoms with Gasteiger partial charge in [-0.15, -0.1) is 0 Å². The summed E-state index contributed by atoms with van der Waals surface area (Å²) in [6.45, 7) is 1.45. The summed E-state index contributed by atoms with van der Waals surface area (Å²) in [6, 6.07) is 10.6. The summed E-state index contributed by atoms with van der Waals surface area (Å²) in [7, 11) is 0. The van der Waals surface area contributed by atoms with Gasteiger partial charge in [0.1, 0.15) is 29.8 Å². The molecule has 2 fully saturated rings. The van der Waals surface area contributed by atoms with Crippen LogP contribution in [0.4, 0.5) is 10.2 Å². The average molecular weight is 452 g/mol. The molecule has 1 aromatic carbocycles. The molecular formula is C24H25FN4O4. The maximum absolute atomic E-state index is 14.7. The van der Waals surface area contributed by atoms with Crippen molar-refractivity contribution in [2.75, 3.05) is 18.4 Å². The van der Waals surface area contributed by atoms with Crippen molar-refractivity contribution >= 4 is 17.6 Å². The lowest BCUT2D eigenvalue weighted by Gasteiger charge is -2.35. The van der Waals surface area contributed by atoms with Crippen molar-refractivity contribution in [3.05, 3.63) is 42.1 Å². The maximum Gasteiger partial charge on any atom is 0.251 e. The second-order valence-electron chi connectivity index (χ2n) is 8.44. The summed E-state index contributed by atoms with van der Waals surface area (Å²) in [5.41, 5.74) is 1.76. The first kappa shape index (κ1) is 22.7. The third-order valence-corrected chi connectivity index (χ3v) is 5.82. The molecular weight excluding hydrogens is 427 g/mol. The number of amides is 2. The summed E-state index contributed by atoms with van der Waals surface area (Å²) in [5.74, 6) is 0.224. The van der Waals surface area contributed by atoms with Gasteiger partial charge in [-0.1, -0.05) is 6.07 Å². The second-order valence-corrected chi connectivity index (χ2v) is 8.44. The number of aliphatic hydroxyl groups is 1. The number of carbonyl (C=O) groups is 2. The lowest BCUT2D eigenvalue weighted by atomic mass is 10.0. The molecule has 3 atom stereocenters. The van der Waals surface area contributed by atoms with Crippen LogP contribution in [-0.4, -0.2) is 58.3 Å². The Morgan fingerprint density at radius 1 is 1.27 bits per heavy atom.